The van der Waals surface area contributed by atoms with E-state index in [1.807, 2.05) is 19.9 Å². The van der Waals surface area contributed by atoms with Crippen LogP contribution in [0.25, 0.3) is 0 Å². The van der Waals surface area contributed by atoms with Crippen LogP contribution in [0, 0.1) is 13.8 Å². The highest BCUT2D eigenvalue weighted by molar-refractivity contribution is 5.47. The van der Waals surface area contributed by atoms with Crippen LogP contribution in [0.1, 0.15) is 29.5 Å². The van der Waals surface area contributed by atoms with Crippen LogP contribution in [0.2, 0.25) is 0 Å². The normalized spacial score (nSPS) is 24.5. The van der Waals surface area contributed by atoms with Crippen LogP contribution in [0.15, 0.2) is 12.1 Å². The minimum absolute atomic E-state index is 0.242. The molecule has 0 aromatic heterocycles. The minimum Gasteiger partial charge on any atom is -0.493 e. The molecule has 0 amide bonds. The van der Waals surface area contributed by atoms with Crippen molar-refractivity contribution in [2.75, 3.05) is 13.2 Å². The molecule has 1 unspecified atom stereocenters. The lowest BCUT2D eigenvalue weighted by molar-refractivity contribution is 0.0373. The number of rotatable bonds is 1. The van der Waals surface area contributed by atoms with E-state index < -0.39 is 5.60 Å². The molecule has 0 saturated heterocycles. The minimum atomic E-state index is -0.928. The van der Waals surface area contributed by atoms with Gasteiger partial charge in [-0.15, -0.1) is 0 Å². The van der Waals surface area contributed by atoms with Gasteiger partial charge in [0.05, 0.1) is 6.61 Å². The van der Waals surface area contributed by atoms with Gasteiger partial charge in [0.2, 0.25) is 0 Å². The van der Waals surface area contributed by atoms with Gasteiger partial charge in [0, 0.05) is 12.1 Å². The Morgan fingerprint density at radius 1 is 1.44 bits per heavy atom. The summed E-state index contributed by atoms with van der Waals surface area (Å²) in [4.78, 5) is 0. The second kappa shape index (κ2) is 4.07. The van der Waals surface area contributed by atoms with Gasteiger partial charge in [-0.05, 0) is 38.3 Å². The third-order valence-corrected chi connectivity index (χ3v) is 3.24. The molecule has 3 N–H and O–H groups in total. The molecule has 1 aromatic carbocycles. The first-order valence-electron chi connectivity index (χ1n) is 5.74. The van der Waals surface area contributed by atoms with Crippen molar-refractivity contribution < 1.29 is 9.84 Å². The van der Waals surface area contributed by atoms with Crippen molar-refractivity contribution in [1.29, 1.82) is 0 Å². The van der Waals surface area contributed by atoms with Gasteiger partial charge in [0.1, 0.15) is 11.4 Å². The molecule has 16 heavy (non-hydrogen) atoms. The van der Waals surface area contributed by atoms with E-state index in [-0.39, 0.29) is 6.54 Å². The topological polar surface area (TPSA) is 55.5 Å². The molecule has 1 atom stereocenters. The third kappa shape index (κ3) is 1.81. The summed E-state index contributed by atoms with van der Waals surface area (Å²) in [6, 6.07) is 4.06. The first-order valence-corrected chi connectivity index (χ1v) is 5.74. The molecule has 0 aliphatic carbocycles. The molecule has 1 aromatic rings. The maximum absolute atomic E-state index is 10.6. The Morgan fingerprint density at radius 3 is 2.88 bits per heavy atom. The zero-order valence-electron chi connectivity index (χ0n) is 9.92. The lowest BCUT2D eigenvalue weighted by Gasteiger charge is -2.27. The number of fused-ring (bicyclic) bond motifs is 1. The fourth-order valence-corrected chi connectivity index (χ4v) is 2.38. The Morgan fingerprint density at radius 2 is 2.19 bits per heavy atom. The number of benzene rings is 1. The van der Waals surface area contributed by atoms with E-state index in [1.54, 1.807) is 0 Å². The van der Waals surface area contributed by atoms with Gasteiger partial charge in [-0.3, -0.25) is 0 Å². The van der Waals surface area contributed by atoms with E-state index >= 15 is 0 Å². The Kier molecular flexibility index (Phi) is 2.91. The molecule has 0 fully saturated rings. The highest BCUT2D eigenvalue weighted by Gasteiger charge is 2.33. The van der Waals surface area contributed by atoms with Crippen molar-refractivity contribution in [1.82, 2.24) is 0 Å². The summed E-state index contributed by atoms with van der Waals surface area (Å²) < 4.78 is 5.72. The summed E-state index contributed by atoms with van der Waals surface area (Å²) >= 11 is 0. The van der Waals surface area contributed by atoms with Crippen LogP contribution in [-0.2, 0) is 5.60 Å². The number of nitrogens with two attached hydrogens (primary N) is 1. The number of hydrogen-bond acceptors (Lipinski definition) is 3. The zero-order valence-corrected chi connectivity index (χ0v) is 9.92. The Balaban J connectivity index is 2.60. The summed E-state index contributed by atoms with van der Waals surface area (Å²) in [5.74, 6) is 0.816. The van der Waals surface area contributed by atoms with Crippen molar-refractivity contribution in [3.8, 4) is 5.75 Å². The molecule has 3 nitrogen and oxygen atoms in total. The van der Waals surface area contributed by atoms with E-state index in [0.29, 0.717) is 13.0 Å². The molecule has 0 radical (unpaired) electrons. The van der Waals surface area contributed by atoms with E-state index in [2.05, 4.69) is 6.07 Å². The molecule has 1 aliphatic heterocycles. The summed E-state index contributed by atoms with van der Waals surface area (Å²) in [5.41, 5.74) is 7.85. The molecule has 3 heteroatoms. The number of hydrogen-bond donors (Lipinski definition) is 2. The second-order valence-corrected chi connectivity index (χ2v) is 4.65. The molecule has 88 valence electrons. The van der Waals surface area contributed by atoms with Crippen LogP contribution in [0.5, 0.6) is 5.75 Å². The maximum atomic E-state index is 10.6. The van der Waals surface area contributed by atoms with Crippen molar-refractivity contribution in [2.24, 2.45) is 5.73 Å². The van der Waals surface area contributed by atoms with Gasteiger partial charge < -0.3 is 15.6 Å². The van der Waals surface area contributed by atoms with E-state index in [9.17, 15) is 5.11 Å². The summed E-state index contributed by atoms with van der Waals surface area (Å²) in [5, 5.41) is 10.6. The van der Waals surface area contributed by atoms with Crippen LogP contribution >= 0.6 is 0 Å². The summed E-state index contributed by atoms with van der Waals surface area (Å²) in [7, 11) is 0. The molecule has 0 saturated carbocycles. The monoisotopic (exact) mass is 221 g/mol. The maximum Gasteiger partial charge on any atom is 0.128 e. The highest BCUT2D eigenvalue weighted by atomic mass is 16.5. The molecule has 0 spiro atoms. The predicted molar refractivity (Wildman–Crippen MR) is 63.6 cm³/mol. The van der Waals surface area contributed by atoms with Crippen LogP contribution in [-0.4, -0.2) is 18.3 Å². The lowest BCUT2D eigenvalue weighted by Crippen LogP contribution is -2.34. The molecular weight excluding hydrogens is 202 g/mol. The summed E-state index contributed by atoms with van der Waals surface area (Å²) in [6.07, 6.45) is 1.50. The third-order valence-electron chi connectivity index (χ3n) is 3.24. The fourth-order valence-electron chi connectivity index (χ4n) is 2.38. The van der Waals surface area contributed by atoms with Crippen LogP contribution < -0.4 is 10.5 Å². The smallest absolute Gasteiger partial charge is 0.128 e. The second-order valence-electron chi connectivity index (χ2n) is 4.65. The van der Waals surface area contributed by atoms with Gasteiger partial charge in [0.25, 0.3) is 0 Å². The Labute approximate surface area is 96.2 Å². The van der Waals surface area contributed by atoms with Gasteiger partial charge in [-0.25, -0.2) is 0 Å². The predicted octanol–water partition coefficient (Wildman–Crippen LogP) is 1.62. The zero-order chi connectivity index (χ0) is 11.8. The van der Waals surface area contributed by atoms with Crippen LogP contribution in [0.4, 0.5) is 0 Å². The number of ether oxygens (including phenoxy) is 1. The van der Waals surface area contributed by atoms with Crippen LogP contribution in [0.3, 0.4) is 0 Å². The number of aryl methyl sites for hydroxylation is 2. The quantitative estimate of drug-likeness (QED) is 0.757. The molecule has 2 rings (SSSR count). The Hall–Kier alpha value is -1.06. The van der Waals surface area contributed by atoms with E-state index in [4.69, 9.17) is 10.5 Å². The molecule has 1 heterocycles. The van der Waals surface area contributed by atoms with E-state index in [1.165, 1.54) is 0 Å². The average molecular weight is 221 g/mol. The molecule has 0 bridgehead atoms. The van der Waals surface area contributed by atoms with Gasteiger partial charge >= 0.3 is 0 Å². The fraction of sp³-hybridized carbons (Fsp3) is 0.538. The highest BCUT2D eigenvalue weighted by Crippen LogP contribution is 2.38. The largest absolute Gasteiger partial charge is 0.493 e. The molecule has 1 aliphatic rings. The number of aliphatic hydroxyl groups is 1. The van der Waals surface area contributed by atoms with Gasteiger partial charge in [0.15, 0.2) is 0 Å². The SMILES string of the molecule is Cc1cc(C)c2c(c1)C(O)(CN)CCCO2. The van der Waals surface area contributed by atoms with Gasteiger partial charge in [-0.2, -0.15) is 0 Å². The Bertz CT molecular complexity index is 403. The average Bonchev–Trinajstić information content (AvgIpc) is 2.40. The van der Waals surface area contributed by atoms with Crippen molar-refractivity contribution in [3.05, 3.63) is 28.8 Å². The van der Waals surface area contributed by atoms with Crippen molar-refractivity contribution in [2.45, 2.75) is 32.3 Å². The standard InChI is InChI=1S/C13H19NO2/c1-9-6-10(2)12-11(7-9)13(15,8-14)4-3-5-16-12/h6-7,15H,3-5,8,14H2,1-2H3. The van der Waals surface area contributed by atoms with Gasteiger partial charge in [-0.1, -0.05) is 11.6 Å². The summed E-state index contributed by atoms with van der Waals surface area (Å²) in [6.45, 7) is 4.93. The molecular formula is C13H19NO2. The van der Waals surface area contributed by atoms with E-state index in [0.717, 1.165) is 28.9 Å². The van der Waals surface area contributed by atoms with Crippen molar-refractivity contribution >= 4 is 0 Å². The van der Waals surface area contributed by atoms with Crippen molar-refractivity contribution in [3.63, 3.8) is 0 Å². The first-order chi connectivity index (χ1) is 7.57. The lowest BCUT2D eigenvalue weighted by atomic mass is 9.87. The first kappa shape index (κ1) is 11.4.